The topological polar surface area (TPSA) is 93.3 Å². The van der Waals surface area contributed by atoms with E-state index in [-0.39, 0.29) is 16.9 Å². The predicted octanol–water partition coefficient (Wildman–Crippen LogP) is 3.90. The van der Waals surface area contributed by atoms with Crippen LogP contribution in [0.4, 0.5) is 11.4 Å². The van der Waals surface area contributed by atoms with Crippen LogP contribution < -0.4 is 5.56 Å². The van der Waals surface area contributed by atoms with Crippen LogP contribution in [-0.4, -0.2) is 20.9 Å². The maximum atomic E-state index is 12.6. The third-order valence-electron chi connectivity index (χ3n) is 3.61. The number of benzene rings is 2. The van der Waals surface area contributed by atoms with Crippen LogP contribution in [0.2, 0.25) is 0 Å². The Morgan fingerprint density at radius 3 is 2.56 bits per heavy atom. The molecule has 0 bridgehead atoms. The lowest BCUT2D eigenvalue weighted by molar-refractivity contribution is -0.384. The second-order valence-electron chi connectivity index (χ2n) is 5.27. The van der Waals surface area contributed by atoms with Crippen LogP contribution in [-0.2, 0) is 0 Å². The van der Waals surface area contributed by atoms with Crippen molar-refractivity contribution in [3.05, 3.63) is 84.7 Å². The van der Waals surface area contributed by atoms with E-state index in [1.54, 1.807) is 31.2 Å². The molecule has 0 unspecified atom stereocenters. The van der Waals surface area contributed by atoms with Gasteiger partial charge >= 0.3 is 0 Å². The van der Waals surface area contributed by atoms with Gasteiger partial charge in [-0.15, -0.1) is 0 Å². The van der Waals surface area contributed by atoms with Gasteiger partial charge in [0.15, 0.2) is 0 Å². The van der Waals surface area contributed by atoms with Crippen molar-refractivity contribution in [3.63, 3.8) is 0 Å². The Kier molecular flexibility index (Phi) is 4.62. The van der Waals surface area contributed by atoms with Crippen molar-refractivity contribution in [3.8, 4) is 5.69 Å². The van der Waals surface area contributed by atoms with Crippen LogP contribution in [0.5, 0.6) is 0 Å². The zero-order valence-corrected chi connectivity index (χ0v) is 14.7. The number of nitro benzene ring substituents is 1. The van der Waals surface area contributed by atoms with Crippen LogP contribution in [0.1, 0.15) is 11.3 Å². The molecule has 3 aromatic rings. The molecular formula is C17H13BrN4O3. The van der Waals surface area contributed by atoms with Crippen LogP contribution in [0.25, 0.3) is 5.69 Å². The van der Waals surface area contributed by atoms with Crippen LogP contribution in [0.3, 0.4) is 0 Å². The van der Waals surface area contributed by atoms with E-state index in [2.05, 4.69) is 26.0 Å². The molecule has 0 atom stereocenters. The highest BCUT2D eigenvalue weighted by Gasteiger charge is 2.13. The summed E-state index contributed by atoms with van der Waals surface area (Å²) in [6, 6.07) is 13.4. The van der Waals surface area contributed by atoms with Gasteiger partial charge in [0, 0.05) is 22.4 Å². The molecule has 0 saturated carbocycles. The standard InChI is InChI=1S/C17H13BrN4O3/c1-11-14(10-19-15-4-2-3-5-16(15)22(24)25)17(23)21(20-11)13-8-6-12(18)7-9-13/h2-10,20H,1H3. The number of aromatic nitrogens is 2. The third kappa shape index (κ3) is 3.43. The van der Waals surface area contributed by atoms with Gasteiger partial charge in [-0.2, -0.15) is 0 Å². The van der Waals surface area contributed by atoms with Crippen molar-refractivity contribution in [1.29, 1.82) is 0 Å². The number of nitrogens with one attached hydrogen (secondary N) is 1. The van der Waals surface area contributed by atoms with E-state index >= 15 is 0 Å². The number of H-pyrrole nitrogens is 1. The van der Waals surface area contributed by atoms with E-state index in [0.717, 1.165) is 4.47 Å². The molecule has 0 saturated heterocycles. The molecule has 8 heteroatoms. The molecule has 0 fully saturated rings. The Morgan fingerprint density at radius 2 is 1.88 bits per heavy atom. The number of hydrogen-bond donors (Lipinski definition) is 1. The molecule has 126 valence electrons. The van der Waals surface area contributed by atoms with Crippen LogP contribution >= 0.6 is 15.9 Å². The molecular weight excluding hydrogens is 388 g/mol. The molecule has 0 spiro atoms. The fourth-order valence-corrected chi connectivity index (χ4v) is 2.61. The highest BCUT2D eigenvalue weighted by atomic mass is 79.9. The molecule has 0 radical (unpaired) electrons. The van der Waals surface area contributed by atoms with Gasteiger partial charge in [-0.25, -0.2) is 9.67 Å². The number of para-hydroxylation sites is 2. The van der Waals surface area contributed by atoms with Crippen molar-refractivity contribution in [2.24, 2.45) is 4.99 Å². The minimum Gasteiger partial charge on any atom is -0.295 e. The number of nitro groups is 1. The molecule has 1 heterocycles. The smallest absolute Gasteiger partial charge is 0.294 e. The molecule has 3 rings (SSSR count). The van der Waals surface area contributed by atoms with E-state index in [1.807, 2.05) is 12.1 Å². The zero-order chi connectivity index (χ0) is 18.0. The number of hydrogen-bond acceptors (Lipinski definition) is 4. The third-order valence-corrected chi connectivity index (χ3v) is 4.14. The van der Waals surface area contributed by atoms with Gasteiger partial charge in [-0.05, 0) is 37.3 Å². The highest BCUT2D eigenvalue weighted by Crippen LogP contribution is 2.26. The first-order valence-electron chi connectivity index (χ1n) is 7.32. The first-order chi connectivity index (χ1) is 12.0. The molecule has 0 amide bonds. The molecule has 1 aromatic heterocycles. The number of aromatic amines is 1. The monoisotopic (exact) mass is 400 g/mol. The van der Waals surface area contributed by atoms with E-state index in [4.69, 9.17) is 0 Å². The zero-order valence-electron chi connectivity index (χ0n) is 13.1. The van der Waals surface area contributed by atoms with Crippen molar-refractivity contribution >= 4 is 33.5 Å². The predicted molar refractivity (Wildman–Crippen MR) is 99.2 cm³/mol. The van der Waals surface area contributed by atoms with Crippen LogP contribution in [0.15, 0.2) is 62.8 Å². The van der Waals surface area contributed by atoms with Gasteiger partial charge in [0.05, 0.1) is 16.2 Å². The fourth-order valence-electron chi connectivity index (χ4n) is 2.35. The van der Waals surface area contributed by atoms with Gasteiger partial charge in [0.2, 0.25) is 0 Å². The lowest BCUT2D eigenvalue weighted by Gasteiger charge is -2.00. The summed E-state index contributed by atoms with van der Waals surface area (Å²) in [4.78, 5) is 27.3. The summed E-state index contributed by atoms with van der Waals surface area (Å²) in [5.41, 5.74) is 1.46. The van der Waals surface area contributed by atoms with Gasteiger partial charge in [-0.3, -0.25) is 20.0 Å². The van der Waals surface area contributed by atoms with Gasteiger partial charge in [0.1, 0.15) is 5.69 Å². The van der Waals surface area contributed by atoms with Crippen molar-refractivity contribution in [1.82, 2.24) is 9.78 Å². The lowest BCUT2D eigenvalue weighted by atomic mass is 10.2. The number of rotatable bonds is 4. The Hall–Kier alpha value is -3.00. The minimum absolute atomic E-state index is 0.111. The quantitative estimate of drug-likeness (QED) is 0.408. The summed E-state index contributed by atoms with van der Waals surface area (Å²) in [7, 11) is 0. The number of halogens is 1. The molecule has 2 aromatic carbocycles. The van der Waals surface area contributed by atoms with Gasteiger partial charge in [0.25, 0.3) is 11.2 Å². The van der Waals surface area contributed by atoms with E-state index in [9.17, 15) is 14.9 Å². The summed E-state index contributed by atoms with van der Waals surface area (Å²) < 4.78 is 2.31. The van der Waals surface area contributed by atoms with Gasteiger partial charge < -0.3 is 0 Å². The summed E-state index contributed by atoms with van der Waals surface area (Å²) >= 11 is 3.35. The number of aryl methyl sites for hydroxylation is 1. The summed E-state index contributed by atoms with van der Waals surface area (Å²) in [5, 5.41) is 14.0. The molecule has 1 N–H and O–H groups in total. The molecule has 0 aliphatic rings. The Morgan fingerprint density at radius 1 is 1.20 bits per heavy atom. The second kappa shape index (κ2) is 6.86. The number of nitrogens with zero attached hydrogens (tertiary/aromatic N) is 3. The fraction of sp³-hybridized carbons (Fsp3) is 0.0588. The Bertz CT molecular complexity index is 1020. The molecule has 0 aliphatic carbocycles. The SMILES string of the molecule is Cc1[nH]n(-c2ccc(Br)cc2)c(=O)c1C=Nc1ccccc1[N+](=O)[O-]. The average Bonchev–Trinajstić information content (AvgIpc) is 2.88. The Labute approximate surface area is 150 Å². The first kappa shape index (κ1) is 16.8. The van der Waals surface area contributed by atoms with Crippen molar-refractivity contribution in [2.45, 2.75) is 6.92 Å². The minimum atomic E-state index is -0.503. The van der Waals surface area contributed by atoms with E-state index < -0.39 is 4.92 Å². The summed E-state index contributed by atoms with van der Waals surface area (Å²) in [6.45, 7) is 1.75. The van der Waals surface area contributed by atoms with Crippen molar-refractivity contribution in [2.75, 3.05) is 0 Å². The van der Waals surface area contributed by atoms with Crippen LogP contribution in [0, 0.1) is 17.0 Å². The maximum Gasteiger partial charge on any atom is 0.294 e. The molecule has 7 nitrogen and oxygen atoms in total. The summed E-state index contributed by atoms with van der Waals surface area (Å²) in [6.07, 6.45) is 1.35. The average molecular weight is 401 g/mol. The summed E-state index contributed by atoms with van der Waals surface area (Å²) in [5.74, 6) is 0. The van der Waals surface area contributed by atoms with E-state index in [1.165, 1.54) is 23.0 Å². The Balaban J connectivity index is 2.01. The number of aliphatic imine (C=N–C) groups is 1. The normalized spacial score (nSPS) is 11.1. The second-order valence-corrected chi connectivity index (χ2v) is 6.19. The van der Waals surface area contributed by atoms with E-state index in [0.29, 0.717) is 16.9 Å². The highest BCUT2D eigenvalue weighted by molar-refractivity contribution is 9.10. The lowest BCUT2D eigenvalue weighted by Crippen LogP contribution is -2.17. The van der Waals surface area contributed by atoms with Gasteiger partial charge in [-0.1, -0.05) is 28.1 Å². The molecule has 0 aliphatic heterocycles. The first-order valence-corrected chi connectivity index (χ1v) is 8.11. The van der Waals surface area contributed by atoms with Crippen molar-refractivity contribution < 1.29 is 4.92 Å². The molecule has 25 heavy (non-hydrogen) atoms. The maximum absolute atomic E-state index is 12.6. The largest absolute Gasteiger partial charge is 0.295 e.